The molecular formula is C24H25N3O2S. The maximum absolute atomic E-state index is 13.2. The van der Waals surface area contributed by atoms with Crippen molar-refractivity contribution in [3.63, 3.8) is 0 Å². The Kier molecular flexibility index (Phi) is 7.80. The summed E-state index contributed by atoms with van der Waals surface area (Å²) >= 11 is 1.61. The minimum absolute atomic E-state index is 0.0249. The maximum Gasteiger partial charge on any atom is 0.322 e. The number of nitrogens with one attached hydrogen (secondary N) is 1. The molecule has 6 heteroatoms. The molecule has 1 N–H and O–H groups in total. The van der Waals surface area contributed by atoms with Gasteiger partial charge in [0.1, 0.15) is 6.54 Å². The summed E-state index contributed by atoms with van der Waals surface area (Å²) in [6.45, 7) is 4.97. The summed E-state index contributed by atoms with van der Waals surface area (Å²) in [5.74, 6) is -0.114. The van der Waals surface area contributed by atoms with Crippen LogP contribution in [0.25, 0.3) is 0 Å². The number of rotatable bonds is 9. The topological polar surface area (TPSA) is 52.7 Å². The van der Waals surface area contributed by atoms with Gasteiger partial charge in [-0.3, -0.25) is 4.79 Å². The number of benzene rings is 2. The average Bonchev–Trinajstić information content (AvgIpc) is 3.27. The monoisotopic (exact) mass is 419 g/mol. The van der Waals surface area contributed by atoms with E-state index in [1.807, 2.05) is 78.2 Å². The first-order valence-electron chi connectivity index (χ1n) is 9.71. The van der Waals surface area contributed by atoms with E-state index in [0.717, 1.165) is 10.4 Å². The largest absolute Gasteiger partial charge is 0.332 e. The second-order valence-electron chi connectivity index (χ2n) is 6.78. The Morgan fingerprint density at radius 1 is 0.900 bits per heavy atom. The van der Waals surface area contributed by atoms with Gasteiger partial charge >= 0.3 is 6.03 Å². The van der Waals surface area contributed by atoms with E-state index in [1.165, 1.54) is 4.90 Å². The molecule has 30 heavy (non-hydrogen) atoms. The molecule has 0 saturated heterocycles. The summed E-state index contributed by atoms with van der Waals surface area (Å²) in [6.07, 6.45) is 1.62. The second-order valence-corrected chi connectivity index (χ2v) is 7.81. The summed E-state index contributed by atoms with van der Waals surface area (Å²) in [6, 6.07) is 22.7. The molecule has 0 aliphatic rings. The van der Waals surface area contributed by atoms with E-state index in [1.54, 1.807) is 22.3 Å². The standard InChI is InChI=1S/C24H25N3O2S/c1-2-15-26(24(29)25-21-12-7-4-8-13-21)19-23(28)27(18-22-14-9-16-30-22)17-20-10-5-3-6-11-20/h2-14,16H,1,15,17-19H2,(H,25,29). The van der Waals surface area contributed by atoms with Crippen molar-refractivity contribution in [2.75, 3.05) is 18.4 Å². The Labute approximate surface area is 181 Å². The van der Waals surface area contributed by atoms with Crippen LogP contribution >= 0.6 is 11.3 Å². The van der Waals surface area contributed by atoms with E-state index in [4.69, 9.17) is 0 Å². The lowest BCUT2D eigenvalue weighted by Gasteiger charge is -2.27. The number of hydrogen-bond donors (Lipinski definition) is 1. The molecule has 0 aliphatic heterocycles. The van der Waals surface area contributed by atoms with Crippen molar-refractivity contribution in [2.24, 2.45) is 0 Å². The van der Waals surface area contributed by atoms with Crippen LogP contribution in [-0.4, -0.2) is 34.8 Å². The molecule has 0 fully saturated rings. The zero-order valence-electron chi connectivity index (χ0n) is 16.7. The lowest BCUT2D eigenvalue weighted by Crippen LogP contribution is -2.44. The number of para-hydroxylation sites is 1. The van der Waals surface area contributed by atoms with Crippen molar-refractivity contribution in [1.29, 1.82) is 0 Å². The average molecular weight is 420 g/mol. The highest BCUT2D eigenvalue weighted by molar-refractivity contribution is 7.09. The summed E-state index contributed by atoms with van der Waals surface area (Å²) < 4.78 is 0. The zero-order valence-corrected chi connectivity index (χ0v) is 17.6. The van der Waals surface area contributed by atoms with Crippen molar-refractivity contribution in [3.05, 3.63) is 101 Å². The van der Waals surface area contributed by atoms with Gasteiger partial charge in [0.2, 0.25) is 5.91 Å². The molecule has 0 radical (unpaired) electrons. The van der Waals surface area contributed by atoms with Gasteiger partial charge in [0.05, 0.1) is 6.54 Å². The Balaban J connectivity index is 1.72. The molecule has 3 rings (SSSR count). The molecule has 0 aliphatic carbocycles. The number of nitrogens with zero attached hydrogens (tertiary/aromatic N) is 2. The first-order valence-corrected chi connectivity index (χ1v) is 10.6. The van der Waals surface area contributed by atoms with Crippen molar-refractivity contribution >= 4 is 29.0 Å². The van der Waals surface area contributed by atoms with Gasteiger partial charge in [0.25, 0.3) is 0 Å². The van der Waals surface area contributed by atoms with E-state index in [0.29, 0.717) is 18.8 Å². The van der Waals surface area contributed by atoms with E-state index < -0.39 is 0 Å². The third kappa shape index (κ3) is 6.32. The van der Waals surface area contributed by atoms with Crippen LogP contribution in [0, 0.1) is 0 Å². The minimum atomic E-state index is -0.328. The molecule has 3 amide bonds. The summed E-state index contributed by atoms with van der Waals surface area (Å²) in [7, 11) is 0. The molecule has 1 heterocycles. The predicted octanol–water partition coefficient (Wildman–Crippen LogP) is 5.00. The molecule has 0 unspecified atom stereocenters. The fourth-order valence-corrected chi connectivity index (χ4v) is 3.71. The molecular weight excluding hydrogens is 394 g/mol. The molecule has 5 nitrogen and oxygen atoms in total. The van der Waals surface area contributed by atoms with Crippen LogP contribution in [0.1, 0.15) is 10.4 Å². The quantitative estimate of drug-likeness (QED) is 0.497. The van der Waals surface area contributed by atoms with E-state index in [9.17, 15) is 9.59 Å². The molecule has 0 atom stereocenters. The van der Waals surface area contributed by atoms with Gasteiger partial charge in [-0.05, 0) is 29.1 Å². The zero-order chi connectivity index (χ0) is 21.2. The fourth-order valence-electron chi connectivity index (χ4n) is 2.99. The Bertz CT molecular complexity index is 943. The van der Waals surface area contributed by atoms with Crippen LogP contribution in [-0.2, 0) is 17.9 Å². The number of thiophene rings is 1. The Hall–Kier alpha value is -3.38. The molecule has 3 aromatic rings. The van der Waals surface area contributed by atoms with Gasteiger partial charge in [-0.2, -0.15) is 0 Å². The summed E-state index contributed by atoms with van der Waals surface area (Å²) in [5, 5.41) is 4.83. The van der Waals surface area contributed by atoms with Crippen LogP contribution in [0.2, 0.25) is 0 Å². The van der Waals surface area contributed by atoms with Gasteiger partial charge in [0.15, 0.2) is 0 Å². The van der Waals surface area contributed by atoms with Crippen LogP contribution < -0.4 is 5.32 Å². The second kappa shape index (κ2) is 11.0. The first kappa shape index (κ1) is 21.3. The fraction of sp³-hybridized carbons (Fsp3) is 0.167. The van der Waals surface area contributed by atoms with E-state index in [2.05, 4.69) is 11.9 Å². The van der Waals surface area contributed by atoms with Crippen LogP contribution in [0.5, 0.6) is 0 Å². The van der Waals surface area contributed by atoms with Crippen LogP contribution in [0.15, 0.2) is 90.8 Å². The van der Waals surface area contributed by atoms with Crippen molar-refractivity contribution in [3.8, 4) is 0 Å². The third-order valence-electron chi connectivity index (χ3n) is 4.48. The molecule has 1 aromatic heterocycles. The van der Waals surface area contributed by atoms with Crippen molar-refractivity contribution in [1.82, 2.24) is 9.80 Å². The van der Waals surface area contributed by atoms with Gasteiger partial charge in [0, 0.05) is 23.7 Å². The number of anilines is 1. The summed E-state index contributed by atoms with van der Waals surface area (Å²) in [5.41, 5.74) is 1.73. The van der Waals surface area contributed by atoms with Crippen LogP contribution in [0.4, 0.5) is 10.5 Å². The highest BCUT2D eigenvalue weighted by atomic mass is 32.1. The number of carbonyl (C=O) groups excluding carboxylic acids is 2. The lowest BCUT2D eigenvalue weighted by atomic mass is 10.2. The number of urea groups is 1. The Morgan fingerprint density at radius 2 is 1.60 bits per heavy atom. The van der Waals surface area contributed by atoms with Crippen molar-refractivity contribution < 1.29 is 9.59 Å². The SMILES string of the molecule is C=CCN(CC(=O)N(Cc1ccccc1)Cc1cccs1)C(=O)Nc1ccccc1. The van der Waals surface area contributed by atoms with Gasteiger partial charge in [-0.15, -0.1) is 17.9 Å². The molecule has 2 aromatic carbocycles. The number of hydrogen-bond acceptors (Lipinski definition) is 3. The number of carbonyl (C=O) groups is 2. The molecule has 0 bridgehead atoms. The normalized spacial score (nSPS) is 10.3. The van der Waals surface area contributed by atoms with Gasteiger partial charge in [-0.1, -0.05) is 60.7 Å². The third-order valence-corrected chi connectivity index (χ3v) is 5.34. The Morgan fingerprint density at radius 3 is 2.23 bits per heavy atom. The molecule has 0 spiro atoms. The van der Waals surface area contributed by atoms with Gasteiger partial charge < -0.3 is 15.1 Å². The molecule has 154 valence electrons. The van der Waals surface area contributed by atoms with E-state index in [-0.39, 0.29) is 25.0 Å². The highest BCUT2D eigenvalue weighted by Gasteiger charge is 2.21. The van der Waals surface area contributed by atoms with E-state index >= 15 is 0 Å². The first-order chi connectivity index (χ1) is 14.7. The predicted molar refractivity (Wildman–Crippen MR) is 122 cm³/mol. The maximum atomic E-state index is 13.2. The summed E-state index contributed by atoms with van der Waals surface area (Å²) in [4.78, 5) is 30.3. The molecule has 0 saturated carbocycles. The van der Waals surface area contributed by atoms with Crippen LogP contribution in [0.3, 0.4) is 0 Å². The highest BCUT2D eigenvalue weighted by Crippen LogP contribution is 2.15. The smallest absolute Gasteiger partial charge is 0.322 e. The van der Waals surface area contributed by atoms with Gasteiger partial charge in [-0.25, -0.2) is 4.79 Å². The van der Waals surface area contributed by atoms with Crippen molar-refractivity contribution in [2.45, 2.75) is 13.1 Å². The number of amides is 3. The minimum Gasteiger partial charge on any atom is -0.332 e. The lowest BCUT2D eigenvalue weighted by molar-refractivity contribution is -0.132.